The van der Waals surface area contributed by atoms with E-state index >= 15 is 0 Å². The predicted octanol–water partition coefficient (Wildman–Crippen LogP) is 1.85. The number of likely N-dealkylation sites (tertiary alicyclic amines) is 1. The summed E-state index contributed by atoms with van der Waals surface area (Å²) in [4.78, 5) is 23.6. The minimum Gasteiger partial charge on any atom is -0.392 e. The number of rotatable bonds is 6. The van der Waals surface area contributed by atoms with Crippen LogP contribution >= 0.6 is 0 Å². The maximum Gasteiger partial charge on any atom is 0.272 e. The maximum absolute atomic E-state index is 12.8. The van der Waals surface area contributed by atoms with Crippen molar-refractivity contribution in [1.82, 2.24) is 14.8 Å². The first-order chi connectivity index (χ1) is 12.5. The van der Waals surface area contributed by atoms with E-state index in [4.69, 9.17) is 0 Å². The van der Waals surface area contributed by atoms with Crippen LogP contribution in [0.3, 0.4) is 0 Å². The van der Waals surface area contributed by atoms with Gasteiger partial charge in [0.15, 0.2) is 0 Å². The lowest BCUT2D eigenvalue weighted by Crippen LogP contribution is -2.41. The summed E-state index contributed by atoms with van der Waals surface area (Å²) in [6.07, 6.45) is 6.07. The van der Waals surface area contributed by atoms with Crippen LogP contribution in [-0.2, 0) is 0 Å². The van der Waals surface area contributed by atoms with E-state index in [0.29, 0.717) is 11.6 Å². The van der Waals surface area contributed by atoms with E-state index in [-0.39, 0.29) is 12.0 Å². The van der Waals surface area contributed by atoms with Crippen molar-refractivity contribution < 1.29 is 9.90 Å². The first-order valence-corrected chi connectivity index (χ1v) is 9.90. The number of piperidine rings is 1. The van der Waals surface area contributed by atoms with Gasteiger partial charge in [-0.2, -0.15) is 0 Å². The van der Waals surface area contributed by atoms with Gasteiger partial charge in [-0.25, -0.2) is 0 Å². The summed E-state index contributed by atoms with van der Waals surface area (Å²) < 4.78 is 0. The van der Waals surface area contributed by atoms with Gasteiger partial charge in [-0.3, -0.25) is 9.78 Å². The number of aromatic nitrogens is 1. The first-order valence-electron chi connectivity index (χ1n) is 9.90. The smallest absolute Gasteiger partial charge is 0.272 e. The summed E-state index contributed by atoms with van der Waals surface area (Å²) in [5, 5.41) is 9.51. The predicted molar refractivity (Wildman–Crippen MR) is 103 cm³/mol. The Morgan fingerprint density at radius 1 is 1.31 bits per heavy atom. The van der Waals surface area contributed by atoms with Crippen LogP contribution in [0.5, 0.6) is 0 Å². The molecule has 1 N–H and O–H groups in total. The quantitative estimate of drug-likeness (QED) is 0.839. The normalized spacial score (nSPS) is 20.3. The molecule has 1 aromatic heterocycles. The molecule has 1 unspecified atom stereocenters. The minimum absolute atomic E-state index is 0.0115. The van der Waals surface area contributed by atoms with Crippen LogP contribution in [0.1, 0.15) is 43.1 Å². The van der Waals surface area contributed by atoms with E-state index in [2.05, 4.69) is 14.8 Å². The number of hydrogen-bond acceptors (Lipinski definition) is 5. The molecule has 0 bridgehead atoms. The number of aliphatic hydroxyl groups excluding tert-OH is 1. The van der Waals surface area contributed by atoms with E-state index in [1.165, 1.54) is 12.8 Å². The third-order valence-corrected chi connectivity index (χ3v) is 5.54. The van der Waals surface area contributed by atoms with E-state index in [1.807, 2.05) is 31.0 Å². The molecule has 0 radical (unpaired) electrons. The molecule has 3 rings (SSSR count). The fraction of sp³-hybridized carbons (Fsp3) is 0.700. The molecule has 2 saturated heterocycles. The van der Waals surface area contributed by atoms with Gasteiger partial charge in [0, 0.05) is 45.1 Å². The average molecular weight is 361 g/mol. The maximum atomic E-state index is 12.8. The van der Waals surface area contributed by atoms with Crippen LogP contribution in [0.25, 0.3) is 0 Å². The Labute approximate surface area is 156 Å². The SMILES string of the molecule is CC(O)CN1CCC(CN(C)C(=O)c2cc(N3CCCC3)ccn2)CC1. The van der Waals surface area contributed by atoms with Crippen molar-refractivity contribution in [1.29, 1.82) is 0 Å². The van der Waals surface area contributed by atoms with Gasteiger partial charge in [-0.15, -0.1) is 0 Å². The molecular weight excluding hydrogens is 328 g/mol. The second-order valence-corrected chi connectivity index (χ2v) is 7.87. The summed E-state index contributed by atoms with van der Waals surface area (Å²) in [7, 11) is 1.88. The molecule has 0 saturated carbocycles. The summed E-state index contributed by atoms with van der Waals surface area (Å²) >= 11 is 0. The number of anilines is 1. The molecule has 26 heavy (non-hydrogen) atoms. The first kappa shape index (κ1) is 19.1. The van der Waals surface area contributed by atoms with Gasteiger partial charge < -0.3 is 19.8 Å². The highest BCUT2D eigenvalue weighted by Gasteiger charge is 2.24. The third kappa shape index (κ3) is 4.95. The van der Waals surface area contributed by atoms with Gasteiger partial charge in [-0.1, -0.05) is 0 Å². The molecule has 1 atom stereocenters. The van der Waals surface area contributed by atoms with Gasteiger partial charge in [-0.05, 0) is 63.7 Å². The molecule has 2 aliphatic heterocycles. The van der Waals surface area contributed by atoms with Gasteiger partial charge >= 0.3 is 0 Å². The molecule has 0 aliphatic carbocycles. The summed E-state index contributed by atoms with van der Waals surface area (Å²) in [5.41, 5.74) is 1.66. The van der Waals surface area contributed by atoms with Crippen LogP contribution in [0, 0.1) is 5.92 Å². The van der Waals surface area contributed by atoms with Crippen LogP contribution < -0.4 is 4.90 Å². The number of amides is 1. The van der Waals surface area contributed by atoms with E-state index in [0.717, 1.165) is 57.8 Å². The number of carbonyl (C=O) groups is 1. The van der Waals surface area contributed by atoms with E-state index < -0.39 is 0 Å². The Morgan fingerprint density at radius 2 is 2.00 bits per heavy atom. The third-order valence-electron chi connectivity index (χ3n) is 5.54. The Bertz CT molecular complexity index is 593. The van der Waals surface area contributed by atoms with Crippen molar-refractivity contribution in [2.45, 2.75) is 38.7 Å². The highest BCUT2D eigenvalue weighted by molar-refractivity contribution is 5.93. The second-order valence-electron chi connectivity index (χ2n) is 7.87. The van der Waals surface area contributed by atoms with Gasteiger partial charge in [0.05, 0.1) is 6.10 Å². The molecule has 1 amide bonds. The average Bonchev–Trinajstić information content (AvgIpc) is 3.17. The van der Waals surface area contributed by atoms with Crippen molar-refractivity contribution in [3.8, 4) is 0 Å². The lowest BCUT2D eigenvalue weighted by atomic mass is 9.96. The van der Waals surface area contributed by atoms with Crippen molar-refractivity contribution in [2.75, 3.05) is 51.2 Å². The van der Waals surface area contributed by atoms with Crippen molar-refractivity contribution in [3.05, 3.63) is 24.0 Å². The minimum atomic E-state index is -0.273. The highest BCUT2D eigenvalue weighted by atomic mass is 16.3. The Morgan fingerprint density at radius 3 is 2.65 bits per heavy atom. The number of nitrogens with zero attached hydrogens (tertiary/aromatic N) is 4. The number of pyridine rings is 1. The van der Waals surface area contributed by atoms with Crippen molar-refractivity contribution in [2.24, 2.45) is 5.92 Å². The fourth-order valence-electron chi connectivity index (χ4n) is 4.10. The van der Waals surface area contributed by atoms with Crippen LogP contribution in [0.2, 0.25) is 0 Å². The standard InChI is InChI=1S/C20H32N4O2/c1-16(25)14-23-11-6-17(7-12-23)15-22(2)20(26)19-13-18(5-8-21-19)24-9-3-4-10-24/h5,8,13,16-17,25H,3-4,6-7,9-12,14-15H2,1-2H3. The number of carbonyl (C=O) groups excluding carboxylic acids is 1. The molecular formula is C20H32N4O2. The molecule has 6 nitrogen and oxygen atoms in total. The molecule has 6 heteroatoms. The molecule has 0 aromatic carbocycles. The lowest BCUT2D eigenvalue weighted by molar-refractivity contribution is 0.0698. The van der Waals surface area contributed by atoms with Gasteiger partial charge in [0.2, 0.25) is 0 Å². The summed E-state index contributed by atoms with van der Waals surface area (Å²) in [5.74, 6) is 0.536. The van der Waals surface area contributed by atoms with Crippen LogP contribution in [-0.4, -0.2) is 78.2 Å². The summed E-state index contributed by atoms with van der Waals surface area (Å²) in [6, 6.07) is 3.94. The number of β-amino-alcohol motifs (C(OH)–C–C–N with tert-alkyl or cyclic N) is 1. The molecule has 1 aromatic rings. The zero-order valence-corrected chi connectivity index (χ0v) is 16.1. The highest BCUT2D eigenvalue weighted by Crippen LogP contribution is 2.22. The van der Waals surface area contributed by atoms with Crippen molar-refractivity contribution >= 4 is 11.6 Å². The topological polar surface area (TPSA) is 59.9 Å². The van der Waals surface area contributed by atoms with Crippen LogP contribution in [0.15, 0.2) is 18.3 Å². The monoisotopic (exact) mass is 360 g/mol. The molecule has 2 aliphatic rings. The molecule has 0 spiro atoms. The van der Waals surface area contributed by atoms with Crippen molar-refractivity contribution in [3.63, 3.8) is 0 Å². The summed E-state index contributed by atoms with van der Waals surface area (Å²) in [6.45, 7) is 7.49. The second kappa shape index (κ2) is 8.82. The Balaban J connectivity index is 1.53. The van der Waals surface area contributed by atoms with Gasteiger partial charge in [0.25, 0.3) is 5.91 Å². The Kier molecular flexibility index (Phi) is 6.48. The zero-order valence-electron chi connectivity index (χ0n) is 16.1. The number of aliphatic hydroxyl groups is 1. The largest absolute Gasteiger partial charge is 0.392 e. The van der Waals surface area contributed by atoms with E-state index in [9.17, 15) is 9.90 Å². The van der Waals surface area contributed by atoms with E-state index in [1.54, 1.807) is 6.20 Å². The van der Waals surface area contributed by atoms with Gasteiger partial charge in [0.1, 0.15) is 5.69 Å². The lowest BCUT2D eigenvalue weighted by Gasteiger charge is -2.34. The molecule has 144 valence electrons. The van der Waals surface area contributed by atoms with Crippen LogP contribution in [0.4, 0.5) is 5.69 Å². The fourth-order valence-corrected chi connectivity index (χ4v) is 4.10. The molecule has 2 fully saturated rings. The number of hydrogen-bond donors (Lipinski definition) is 1. The molecule has 3 heterocycles. The zero-order chi connectivity index (χ0) is 18.5. The Hall–Kier alpha value is -1.66.